The second kappa shape index (κ2) is 13.4. The van der Waals surface area contributed by atoms with Crippen LogP contribution in [0.5, 0.6) is 5.75 Å². The quantitative estimate of drug-likeness (QED) is 0.199. The maximum Gasteiger partial charge on any atom is 0.269 e. The lowest BCUT2D eigenvalue weighted by Crippen LogP contribution is -2.49. The van der Waals surface area contributed by atoms with Crippen LogP contribution in [0, 0.1) is 16.0 Å². The molecule has 2 amide bonds. The first-order valence-electron chi connectivity index (χ1n) is 16.2. The van der Waals surface area contributed by atoms with Gasteiger partial charge in [0, 0.05) is 91.3 Å². The van der Waals surface area contributed by atoms with Crippen LogP contribution in [0.15, 0.2) is 88.1 Å². The maximum absolute atomic E-state index is 13.9. The summed E-state index contributed by atoms with van der Waals surface area (Å²) in [6, 6.07) is 22.6. The Morgan fingerprint density at radius 2 is 1.69 bits per heavy atom. The summed E-state index contributed by atoms with van der Waals surface area (Å²) in [5.74, 6) is 0.476. The van der Waals surface area contributed by atoms with Crippen molar-refractivity contribution < 1.29 is 19.2 Å². The molecular formula is C36H35BrN6O6. The number of benzene rings is 3. The molecule has 0 radical (unpaired) electrons. The lowest BCUT2D eigenvalue weighted by Gasteiger charge is -2.44. The molecule has 1 aromatic heterocycles. The smallest absolute Gasteiger partial charge is 0.269 e. The number of halogens is 1. The molecule has 13 heteroatoms. The number of amides is 2. The average molecular weight is 728 g/mol. The Hall–Kier alpha value is -5.17. The number of hydrogen-bond acceptors (Lipinski definition) is 8. The fraction of sp³-hybridized carbons (Fsp3) is 0.306. The molecule has 49 heavy (non-hydrogen) atoms. The van der Waals surface area contributed by atoms with Crippen LogP contribution in [-0.2, 0) is 6.54 Å². The monoisotopic (exact) mass is 726 g/mol. The van der Waals surface area contributed by atoms with Gasteiger partial charge in [0.15, 0.2) is 0 Å². The largest absolute Gasteiger partial charge is 0.497 e. The predicted octanol–water partition coefficient (Wildman–Crippen LogP) is 5.37. The number of ether oxygens (including phenoxy) is 1. The third-order valence-corrected chi connectivity index (χ3v) is 10.4. The van der Waals surface area contributed by atoms with Crippen LogP contribution >= 0.6 is 15.9 Å². The highest BCUT2D eigenvalue weighted by Crippen LogP contribution is 2.40. The zero-order valence-corrected chi connectivity index (χ0v) is 28.5. The topological polar surface area (TPSA) is 130 Å². The van der Waals surface area contributed by atoms with E-state index in [0.29, 0.717) is 72.8 Å². The van der Waals surface area contributed by atoms with Crippen LogP contribution in [-0.4, -0.2) is 72.6 Å². The molecule has 12 nitrogen and oxygen atoms in total. The molecule has 0 spiro atoms. The van der Waals surface area contributed by atoms with Gasteiger partial charge in [0.05, 0.1) is 29.0 Å². The summed E-state index contributed by atoms with van der Waals surface area (Å²) < 4.78 is 7.87. The molecule has 0 saturated carbocycles. The van der Waals surface area contributed by atoms with Crippen molar-refractivity contribution in [2.75, 3.05) is 61.5 Å². The molecular weight excluding hydrogens is 692 g/mol. The van der Waals surface area contributed by atoms with Crippen molar-refractivity contribution in [2.45, 2.75) is 18.9 Å². The van der Waals surface area contributed by atoms with Gasteiger partial charge in [0.25, 0.3) is 23.1 Å². The van der Waals surface area contributed by atoms with Crippen molar-refractivity contribution in [1.82, 2.24) is 9.47 Å². The summed E-state index contributed by atoms with van der Waals surface area (Å²) in [7, 11) is 1.54. The first-order valence-corrected chi connectivity index (χ1v) is 17.0. The minimum absolute atomic E-state index is 0.0221. The van der Waals surface area contributed by atoms with Crippen molar-refractivity contribution in [3.63, 3.8) is 0 Å². The molecule has 7 rings (SSSR count). The zero-order chi connectivity index (χ0) is 34.2. The van der Waals surface area contributed by atoms with Gasteiger partial charge in [0.2, 0.25) is 0 Å². The number of methoxy groups -OCH3 is 1. The van der Waals surface area contributed by atoms with Crippen molar-refractivity contribution >= 4 is 50.5 Å². The van der Waals surface area contributed by atoms with Crippen LogP contribution in [0.1, 0.15) is 38.7 Å². The summed E-state index contributed by atoms with van der Waals surface area (Å²) in [4.78, 5) is 57.0. The standard InChI is InChI=1S/C36H35BrN6O6/c1-49-28-10-11-30(37)29(19-28)35(45)38-31-18-24(36(46)40-15-13-39(14-16-40)26-6-8-27(9-7-26)43(47)48)5-12-33(31)41-20-23-17-25(22-41)32-3-2-4-34(44)42(32)21-23/h2-12,18-19,23,25H,13-17,20-22H2,1H3,(H,38,45). The molecule has 0 aliphatic carbocycles. The van der Waals surface area contributed by atoms with E-state index in [1.807, 2.05) is 28.8 Å². The Balaban J connectivity index is 1.15. The molecule has 3 aliphatic rings. The van der Waals surface area contributed by atoms with E-state index in [-0.39, 0.29) is 34.9 Å². The average Bonchev–Trinajstić information content (AvgIpc) is 3.12. The normalized spacial score (nSPS) is 18.4. The van der Waals surface area contributed by atoms with E-state index in [2.05, 4.69) is 31.0 Å². The summed E-state index contributed by atoms with van der Waals surface area (Å²) in [6.45, 7) is 4.13. The number of carbonyl (C=O) groups is 2. The van der Waals surface area contributed by atoms with Crippen molar-refractivity contribution in [3.05, 3.63) is 121 Å². The number of nitrogens with zero attached hydrogens (tertiary/aromatic N) is 5. The van der Waals surface area contributed by atoms with E-state index >= 15 is 0 Å². The third-order valence-electron chi connectivity index (χ3n) is 9.72. The molecule has 2 atom stereocenters. The van der Waals surface area contributed by atoms with Crippen molar-refractivity contribution in [1.29, 1.82) is 0 Å². The summed E-state index contributed by atoms with van der Waals surface area (Å²) in [6.07, 6.45) is 0.987. The highest BCUT2D eigenvalue weighted by atomic mass is 79.9. The molecule has 3 aliphatic heterocycles. The number of nitro benzene ring substituents is 1. The van der Waals surface area contributed by atoms with E-state index in [4.69, 9.17) is 4.74 Å². The fourth-order valence-electron chi connectivity index (χ4n) is 7.27. The van der Waals surface area contributed by atoms with Gasteiger partial charge in [0.1, 0.15) is 5.75 Å². The van der Waals surface area contributed by atoms with E-state index in [9.17, 15) is 24.5 Å². The molecule has 2 saturated heterocycles. The number of fused-ring (bicyclic) bond motifs is 4. The highest BCUT2D eigenvalue weighted by molar-refractivity contribution is 9.10. The van der Waals surface area contributed by atoms with Crippen LogP contribution < -0.4 is 25.4 Å². The molecule has 1 N–H and O–H groups in total. The Bertz CT molecular complexity index is 1990. The summed E-state index contributed by atoms with van der Waals surface area (Å²) >= 11 is 3.49. The zero-order valence-electron chi connectivity index (χ0n) is 26.9. The van der Waals surface area contributed by atoms with E-state index in [1.54, 1.807) is 54.5 Å². The van der Waals surface area contributed by atoms with Gasteiger partial charge < -0.3 is 29.3 Å². The molecule has 2 fully saturated rings. The van der Waals surface area contributed by atoms with Crippen molar-refractivity contribution in [2.24, 2.45) is 5.92 Å². The number of piperazine rings is 1. The lowest BCUT2D eigenvalue weighted by atomic mass is 9.83. The Kier molecular flexibility index (Phi) is 8.84. The fourth-order valence-corrected chi connectivity index (χ4v) is 7.70. The molecule has 2 unspecified atom stereocenters. The first-order chi connectivity index (χ1) is 23.7. The van der Waals surface area contributed by atoms with Gasteiger partial charge in [-0.15, -0.1) is 0 Å². The number of pyridine rings is 1. The number of carbonyl (C=O) groups excluding carboxylic acids is 2. The minimum atomic E-state index is -0.420. The number of aromatic nitrogens is 1. The van der Waals surface area contributed by atoms with Gasteiger partial charge in [-0.25, -0.2) is 0 Å². The molecule has 252 valence electrons. The molecule has 4 heterocycles. The van der Waals surface area contributed by atoms with E-state index < -0.39 is 4.92 Å². The van der Waals surface area contributed by atoms with Crippen molar-refractivity contribution in [3.8, 4) is 5.75 Å². The summed E-state index contributed by atoms with van der Waals surface area (Å²) in [5, 5.41) is 14.2. The van der Waals surface area contributed by atoms with Crippen LogP contribution in [0.4, 0.5) is 22.7 Å². The Labute approximate surface area is 291 Å². The Morgan fingerprint density at radius 1 is 0.918 bits per heavy atom. The van der Waals surface area contributed by atoms with Gasteiger partial charge in [-0.2, -0.15) is 0 Å². The molecule has 2 bridgehead atoms. The van der Waals surface area contributed by atoms with Gasteiger partial charge >= 0.3 is 0 Å². The van der Waals surface area contributed by atoms with Gasteiger partial charge in [-0.3, -0.25) is 24.5 Å². The van der Waals surface area contributed by atoms with Crippen LogP contribution in [0.25, 0.3) is 0 Å². The maximum atomic E-state index is 13.9. The molecule has 4 aromatic rings. The SMILES string of the molecule is COc1ccc(Br)c(C(=O)Nc2cc(C(=O)N3CCN(c4ccc([N+](=O)[O-])cc4)CC3)ccc2N2CC3CC(C2)c2cccc(=O)n2C3)c1. The molecule has 3 aromatic carbocycles. The first kappa shape index (κ1) is 32.4. The number of rotatable bonds is 7. The number of hydrogen-bond donors (Lipinski definition) is 1. The second-order valence-electron chi connectivity index (χ2n) is 12.7. The predicted molar refractivity (Wildman–Crippen MR) is 190 cm³/mol. The van der Waals surface area contributed by atoms with Gasteiger partial charge in [-0.1, -0.05) is 6.07 Å². The minimum Gasteiger partial charge on any atom is -0.497 e. The number of non-ortho nitro benzene ring substituents is 1. The highest BCUT2D eigenvalue weighted by Gasteiger charge is 2.36. The van der Waals surface area contributed by atoms with Crippen LogP contribution in [0.2, 0.25) is 0 Å². The van der Waals surface area contributed by atoms with E-state index in [0.717, 1.165) is 23.5 Å². The van der Waals surface area contributed by atoms with E-state index in [1.165, 1.54) is 12.1 Å². The second-order valence-corrected chi connectivity index (χ2v) is 13.5. The summed E-state index contributed by atoms with van der Waals surface area (Å²) in [5.41, 5.74) is 4.15. The Morgan fingerprint density at radius 3 is 2.43 bits per heavy atom. The number of piperidine rings is 1. The van der Waals surface area contributed by atoms with Crippen LogP contribution in [0.3, 0.4) is 0 Å². The third kappa shape index (κ3) is 6.50. The number of anilines is 3. The number of nitrogens with one attached hydrogen (secondary N) is 1. The lowest BCUT2D eigenvalue weighted by molar-refractivity contribution is -0.384. The van der Waals surface area contributed by atoms with Gasteiger partial charge in [-0.05, 0) is 82.9 Å². The number of nitro groups is 1.